The minimum Gasteiger partial charge on any atom is -0.378 e. The smallest absolute Gasteiger partial charge is 0.237 e. The Morgan fingerprint density at radius 1 is 0.933 bits per heavy atom. The maximum atomic E-state index is 13.2. The highest BCUT2D eigenvalue weighted by Gasteiger charge is 2.51. The lowest BCUT2D eigenvalue weighted by Crippen LogP contribution is -2.63. The largest absolute Gasteiger partial charge is 0.378 e. The Balaban J connectivity index is 1.09. The summed E-state index contributed by atoms with van der Waals surface area (Å²) in [5, 5.41) is 3.54. The first-order valence-corrected chi connectivity index (χ1v) is 12.1. The van der Waals surface area contributed by atoms with E-state index in [1.807, 2.05) is 4.90 Å². The van der Waals surface area contributed by atoms with Crippen molar-refractivity contribution in [2.45, 2.75) is 57.0 Å². The number of ether oxygens (including phenoxy) is 1. The molecule has 6 aliphatic rings. The predicted octanol–water partition coefficient (Wildman–Crippen LogP) is 0.936. The van der Waals surface area contributed by atoms with Gasteiger partial charge in [0.1, 0.15) is 0 Å². The van der Waals surface area contributed by atoms with Gasteiger partial charge < -0.3 is 15.0 Å². The number of carbonyl (C=O) groups is 2. The summed E-state index contributed by atoms with van der Waals surface area (Å²) in [6, 6.07) is -0.0879. The number of hydrogen-bond donors (Lipinski definition) is 1. The highest BCUT2D eigenvalue weighted by atomic mass is 16.5. The van der Waals surface area contributed by atoms with Gasteiger partial charge in [0.05, 0.1) is 25.8 Å². The molecular weight excluding hydrogens is 380 g/mol. The van der Waals surface area contributed by atoms with E-state index in [2.05, 4.69) is 22.0 Å². The van der Waals surface area contributed by atoms with Gasteiger partial charge in [-0.15, -0.1) is 0 Å². The van der Waals surface area contributed by atoms with Crippen LogP contribution < -0.4 is 5.32 Å². The molecule has 6 fully saturated rings. The molecule has 2 aliphatic heterocycles. The molecule has 1 atom stereocenters. The number of nitrogens with zero attached hydrogens (tertiary/aromatic N) is 3. The molecule has 30 heavy (non-hydrogen) atoms. The Hall–Kier alpha value is -1.18. The van der Waals surface area contributed by atoms with Crippen molar-refractivity contribution in [2.24, 2.45) is 17.8 Å². The first-order valence-electron chi connectivity index (χ1n) is 12.1. The maximum absolute atomic E-state index is 13.2. The van der Waals surface area contributed by atoms with Crippen molar-refractivity contribution >= 4 is 11.8 Å². The number of hydrogen-bond acceptors (Lipinski definition) is 5. The van der Waals surface area contributed by atoms with E-state index >= 15 is 0 Å². The van der Waals surface area contributed by atoms with Crippen molar-refractivity contribution in [1.82, 2.24) is 20.0 Å². The van der Waals surface area contributed by atoms with Crippen LogP contribution in [0, 0.1) is 17.8 Å². The summed E-state index contributed by atoms with van der Waals surface area (Å²) in [7, 11) is 0. The summed E-state index contributed by atoms with van der Waals surface area (Å²) in [5.41, 5.74) is 0.0898. The zero-order valence-corrected chi connectivity index (χ0v) is 18.5. The van der Waals surface area contributed by atoms with Crippen LogP contribution in [0.3, 0.4) is 0 Å². The fourth-order valence-corrected chi connectivity index (χ4v) is 7.21. The number of piperazine rings is 1. The van der Waals surface area contributed by atoms with Gasteiger partial charge in [-0.3, -0.25) is 19.4 Å². The molecule has 0 aromatic rings. The first-order chi connectivity index (χ1) is 14.5. The Morgan fingerprint density at radius 2 is 1.50 bits per heavy atom. The zero-order valence-electron chi connectivity index (χ0n) is 18.5. The van der Waals surface area contributed by atoms with E-state index in [1.54, 1.807) is 0 Å². The van der Waals surface area contributed by atoms with E-state index in [1.165, 1.54) is 38.5 Å². The number of rotatable bonds is 5. The van der Waals surface area contributed by atoms with E-state index in [0.717, 1.165) is 43.9 Å². The van der Waals surface area contributed by atoms with Crippen molar-refractivity contribution in [2.75, 3.05) is 59.0 Å². The van der Waals surface area contributed by atoms with E-state index in [-0.39, 0.29) is 23.4 Å². The quantitative estimate of drug-likeness (QED) is 0.720. The van der Waals surface area contributed by atoms with Gasteiger partial charge in [0.15, 0.2) is 0 Å². The summed E-state index contributed by atoms with van der Waals surface area (Å²) < 4.78 is 5.34. The lowest BCUT2D eigenvalue weighted by molar-refractivity contribution is -0.138. The molecule has 168 valence electrons. The maximum Gasteiger partial charge on any atom is 0.237 e. The topological polar surface area (TPSA) is 65.1 Å². The van der Waals surface area contributed by atoms with Crippen LogP contribution in [0.25, 0.3) is 0 Å². The molecule has 6 rings (SSSR count). The molecule has 0 radical (unpaired) electrons. The molecule has 1 N–H and O–H groups in total. The van der Waals surface area contributed by atoms with Crippen LogP contribution in [0.1, 0.15) is 45.4 Å². The van der Waals surface area contributed by atoms with Crippen molar-refractivity contribution in [1.29, 1.82) is 0 Å². The highest BCUT2D eigenvalue weighted by Crippen LogP contribution is 2.55. The molecular formula is C23H38N4O3. The molecule has 0 spiro atoms. The van der Waals surface area contributed by atoms with Gasteiger partial charge in [0, 0.05) is 44.8 Å². The Bertz CT molecular complexity index is 620. The van der Waals surface area contributed by atoms with Crippen LogP contribution >= 0.6 is 0 Å². The third-order valence-electron chi connectivity index (χ3n) is 8.48. The molecule has 4 saturated carbocycles. The van der Waals surface area contributed by atoms with Crippen LogP contribution in [-0.2, 0) is 14.3 Å². The van der Waals surface area contributed by atoms with Gasteiger partial charge >= 0.3 is 0 Å². The van der Waals surface area contributed by atoms with Gasteiger partial charge in [0.2, 0.25) is 11.8 Å². The summed E-state index contributed by atoms with van der Waals surface area (Å²) in [6.07, 6.45) is 7.81. The Labute approximate surface area is 180 Å². The summed E-state index contributed by atoms with van der Waals surface area (Å²) in [6.45, 7) is 8.67. The fourth-order valence-electron chi connectivity index (χ4n) is 7.21. The van der Waals surface area contributed by atoms with E-state index < -0.39 is 0 Å². The van der Waals surface area contributed by atoms with Gasteiger partial charge in [-0.1, -0.05) is 0 Å². The standard InChI is InChI=1S/C23H38N4O3/c1-17(22(29)24-23-13-18-10-19(14-23)12-20(11-18)15-23)26-4-2-25(3-5-26)16-21(28)27-6-8-30-9-7-27/h17-20H,2-16H2,1H3,(H,24,29). The van der Waals surface area contributed by atoms with Crippen molar-refractivity contribution in [3.05, 3.63) is 0 Å². The average molecular weight is 419 g/mol. The third kappa shape index (κ3) is 4.26. The fraction of sp³-hybridized carbons (Fsp3) is 0.913. The summed E-state index contributed by atoms with van der Waals surface area (Å²) in [4.78, 5) is 32.1. The van der Waals surface area contributed by atoms with Crippen LogP contribution in [0.4, 0.5) is 0 Å². The number of nitrogens with one attached hydrogen (secondary N) is 1. The molecule has 0 aromatic carbocycles. The lowest BCUT2D eigenvalue weighted by atomic mass is 9.53. The second-order valence-electron chi connectivity index (χ2n) is 10.7. The number of carbonyl (C=O) groups excluding carboxylic acids is 2. The molecule has 2 heterocycles. The molecule has 0 aromatic heterocycles. The Kier molecular flexibility index (Phi) is 5.80. The van der Waals surface area contributed by atoms with Crippen LogP contribution in [0.2, 0.25) is 0 Å². The molecule has 1 unspecified atom stereocenters. The van der Waals surface area contributed by atoms with Crippen LogP contribution in [0.15, 0.2) is 0 Å². The van der Waals surface area contributed by atoms with Crippen LogP contribution in [-0.4, -0.2) is 97.1 Å². The van der Waals surface area contributed by atoms with Crippen molar-refractivity contribution in [3.8, 4) is 0 Å². The van der Waals surface area contributed by atoms with E-state index in [9.17, 15) is 9.59 Å². The molecule has 2 saturated heterocycles. The third-order valence-corrected chi connectivity index (χ3v) is 8.48. The van der Waals surface area contributed by atoms with Gasteiger partial charge in [0.25, 0.3) is 0 Å². The highest BCUT2D eigenvalue weighted by molar-refractivity contribution is 5.82. The van der Waals surface area contributed by atoms with Gasteiger partial charge in [-0.25, -0.2) is 0 Å². The van der Waals surface area contributed by atoms with Gasteiger partial charge in [-0.2, -0.15) is 0 Å². The van der Waals surface area contributed by atoms with Crippen LogP contribution in [0.5, 0.6) is 0 Å². The normalized spacial score (nSPS) is 37.9. The minimum absolute atomic E-state index is 0.0879. The van der Waals surface area contributed by atoms with E-state index in [4.69, 9.17) is 4.74 Å². The zero-order chi connectivity index (χ0) is 20.7. The number of morpholine rings is 1. The number of amides is 2. The summed E-state index contributed by atoms with van der Waals surface area (Å²) >= 11 is 0. The first kappa shape index (κ1) is 20.7. The van der Waals surface area contributed by atoms with Crippen molar-refractivity contribution in [3.63, 3.8) is 0 Å². The predicted molar refractivity (Wildman–Crippen MR) is 114 cm³/mol. The lowest BCUT2D eigenvalue weighted by Gasteiger charge is -2.57. The molecule has 7 nitrogen and oxygen atoms in total. The molecule has 4 aliphatic carbocycles. The second kappa shape index (κ2) is 8.40. The molecule has 4 bridgehead atoms. The van der Waals surface area contributed by atoms with E-state index in [0.29, 0.717) is 32.8 Å². The SMILES string of the molecule is CC(C(=O)NC12CC3CC(CC(C3)C1)C2)N1CCN(CC(=O)N2CCOCC2)CC1. The minimum atomic E-state index is -0.0879. The van der Waals surface area contributed by atoms with Crippen molar-refractivity contribution < 1.29 is 14.3 Å². The average Bonchev–Trinajstić information content (AvgIpc) is 2.73. The molecule has 2 amide bonds. The summed E-state index contributed by atoms with van der Waals surface area (Å²) in [5.74, 6) is 2.97. The second-order valence-corrected chi connectivity index (χ2v) is 10.7. The van der Waals surface area contributed by atoms with Gasteiger partial charge in [-0.05, 0) is 63.2 Å². The monoisotopic (exact) mass is 418 g/mol. The molecule has 7 heteroatoms. The Morgan fingerprint density at radius 3 is 2.07 bits per heavy atom.